The first-order valence-electron chi connectivity index (χ1n) is 12.9. The average Bonchev–Trinajstić information content (AvgIpc) is 3.30. The van der Waals surface area contributed by atoms with Crippen molar-refractivity contribution in [3.05, 3.63) is 0 Å². The third-order valence-corrected chi connectivity index (χ3v) is 6.72. The summed E-state index contributed by atoms with van der Waals surface area (Å²) in [5, 5.41) is 36.1. The minimum atomic E-state index is -1.33. The molecule has 39 heavy (non-hydrogen) atoms. The molecule has 0 aromatic heterocycles. The molecule has 222 valence electrons. The summed E-state index contributed by atoms with van der Waals surface area (Å²) in [5.74, 6) is -6.07. The third kappa shape index (κ3) is 8.83. The Balaban J connectivity index is 1.98. The number of aliphatic carboxylic acids is 2. The molecule has 2 rings (SSSR count). The molecule has 15 nitrogen and oxygen atoms in total. The second kappa shape index (κ2) is 13.5. The fourth-order valence-corrected chi connectivity index (χ4v) is 4.33. The average molecular weight is 561 g/mol. The van der Waals surface area contributed by atoms with E-state index in [0.29, 0.717) is 6.42 Å². The molecule has 3 amide bonds. The number of amides is 3. The highest BCUT2D eigenvalue weighted by atomic mass is 16.8. The summed E-state index contributed by atoms with van der Waals surface area (Å²) in [7, 11) is 0. The minimum absolute atomic E-state index is 0.287. The van der Waals surface area contributed by atoms with E-state index in [1.807, 2.05) is 0 Å². The lowest BCUT2D eigenvalue weighted by Crippen LogP contribution is -2.56. The van der Waals surface area contributed by atoms with E-state index >= 15 is 0 Å². The van der Waals surface area contributed by atoms with E-state index < -0.39 is 90.6 Å². The third-order valence-electron chi connectivity index (χ3n) is 6.72. The molecule has 0 spiro atoms. The van der Waals surface area contributed by atoms with Gasteiger partial charge < -0.3 is 51.2 Å². The zero-order valence-electron chi connectivity index (χ0n) is 22.7. The quantitative estimate of drug-likeness (QED) is 0.127. The molecule has 2 heterocycles. The fraction of sp³-hybridized carbons (Fsp3) is 0.792. The Morgan fingerprint density at radius 1 is 1.00 bits per heavy atom. The fourth-order valence-electron chi connectivity index (χ4n) is 4.33. The standard InChI is InChI=1S/C24H40N4O11/c1-6-10(2)16(22(35)36)28-20(33)11(3)26-21(34)13(7-8-15(30)31)27-14(29)9-12(25)18-17(32)19-23(37-18)39-24(4,5)38-19/h10-13,16-19,23,32H,6-9,25H2,1-5H3,(H,26,34)(H,27,29)(H,28,33)(H,30,31)(H,35,36)/t10?,11-,12-,13-,16-,17-,18?,19+,23+/m0/s1. The Morgan fingerprint density at radius 3 is 2.18 bits per heavy atom. The molecule has 0 aliphatic carbocycles. The van der Waals surface area contributed by atoms with Gasteiger partial charge in [0.25, 0.3) is 0 Å². The molecule has 0 saturated carbocycles. The molecular formula is C24H40N4O11. The monoisotopic (exact) mass is 560 g/mol. The number of aliphatic hydroxyl groups excluding tert-OH is 1. The topological polar surface area (TPSA) is 236 Å². The largest absolute Gasteiger partial charge is 0.481 e. The first-order chi connectivity index (χ1) is 18.1. The summed E-state index contributed by atoms with van der Waals surface area (Å²) in [6.45, 7) is 8.08. The van der Waals surface area contributed by atoms with Crippen LogP contribution in [0.2, 0.25) is 0 Å². The predicted octanol–water partition coefficient (Wildman–Crippen LogP) is -1.59. The molecule has 2 fully saturated rings. The number of carboxylic acid groups (broad SMARTS) is 2. The maximum atomic E-state index is 12.9. The van der Waals surface area contributed by atoms with Gasteiger partial charge in [0, 0.05) is 18.9 Å². The minimum Gasteiger partial charge on any atom is -0.481 e. The molecule has 9 atom stereocenters. The highest BCUT2D eigenvalue weighted by Crippen LogP contribution is 2.38. The number of hydrogen-bond acceptors (Lipinski definition) is 10. The molecule has 2 aliphatic rings. The maximum Gasteiger partial charge on any atom is 0.326 e. The normalized spacial score (nSPS) is 27.4. The second-order valence-electron chi connectivity index (χ2n) is 10.4. The van der Waals surface area contributed by atoms with Gasteiger partial charge in [0.2, 0.25) is 17.7 Å². The molecule has 2 aliphatic heterocycles. The summed E-state index contributed by atoms with van der Waals surface area (Å²) in [6.07, 6.45) is -4.46. The highest BCUT2D eigenvalue weighted by molar-refractivity contribution is 5.93. The van der Waals surface area contributed by atoms with Gasteiger partial charge in [-0.3, -0.25) is 19.2 Å². The number of carbonyl (C=O) groups is 5. The van der Waals surface area contributed by atoms with E-state index in [1.54, 1.807) is 27.7 Å². The van der Waals surface area contributed by atoms with E-state index in [0.717, 1.165) is 0 Å². The predicted molar refractivity (Wildman–Crippen MR) is 133 cm³/mol. The molecule has 15 heteroatoms. The van der Waals surface area contributed by atoms with Gasteiger partial charge in [-0.1, -0.05) is 20.3 Å². The Morgan fingerprint density at radius 2 is 1.64 bits per heavy atom. The number of nitrogens with one attached hydrogen (secondary N) is 3. The Kier molecular flexibility index (Phi) is 11.2. The molecule has 0 aromatic carbocycles. The number of aliphatic hydroxyl groups is 1. The van der Waals surface area contributed by atoms with Crippen molar-refractivity contribution < 1.29 is 53.5 Å². The first kappa shape index (κ1) is 32.4. The summed E-state index contributed by atoms with van der Waals surface area (Å²) >= 11 is 0. The van der Waals surface area contributed by atoms with Gasteiger partial charge in [0.05, 0.1) is 0 Å². The van der Waals surface area contributed by atoms with Crippen LogP contribution < -0.4 is 21.7 Å². The number of ether oxygens (including phenoxy) is 3. The van der Waals surface area contributed by atoms with Crippen LogP contribution in [0.15, 0.2) is 0 Å². The van der Waals surface area contributed by atoms with Gasteiger partial charge in [-0.25, -0.2) is 4.79 Å². The van der Waals surface area contributed by atoms with Crippen LogP contribution in [0.25, 0.3) is 0 Å². The number of carboxylic acids is 2. The first-order valence-corrected chi connectivity index (χ1v) is 12.9. The summed E-state index contributed by atoms with van der Waals surface area (Å²) < 4.78 is 16.8. The van der Waals surface area contributed by atoms with Crippen molar-refractivity contribution in [2.24, 2.45) is 11.7 Å². The van der Waals surface area contributed by atoms with Crippen molar-refractivity contribution in [3.63, 3.8) is 0 Å². The second-order valence-corrected chi connectivity index (χ2v) is 10.4. The highest BCUT2D eigenvalue weighted by Gasteiger charge is 2.55. The van der Waals surface area contributed by atoms with Gasteiger partial charge in [-0.05, 0) is 33.1 Å². The van der Waals surface area contributed by atoms with E-state index in [9.17, 15) is 34.2 Å². The lowest BCUT2D eigenvalue weighted by atomic mass is 9.99. The molecule has 2 unspecified atom stereocenters. The number of rotatable bonds is 14. The summed E-state index contributed by atoms with van der Waals surface area (Å²) in [4.78, 5) is 60.7. The van der Waals surface area contributed by atoms with Crippen LogP contribution in [0.1, 0.15) is 60.3 Å². The van der Waals surface area contributed by atoms with E-state index in [2.05, 4.69) is 16.0 Å². The van der Waals surface area contributed by atoms with Crippen molar-refractivity contribution >= 4 is 29.7 Å². The van der Waals surface area contributed by atoms with Crippen LogP contribution >= 0.6 is 0 Å². The lowest BCUT2D eigenvalue weighted by molar-refractivity contribution is -0.217. The van der Waals surface area contributed by atoms with Gasteiger partial charge in [-0.15, -0.1) is 0 Å². The molecule has 0 bridgehead atoms. The van der Waals surface area contributed by atoms with Crippen molar-refractivity contribution in [3.8, 4) is 0 Å². The summed E-state index contributed by atoms with van der Waals surface area (Å²) in [6, 6.07) is -4.69. The van der Waals surface area contributed by atoms with Gasteiger partial charge in [0.15, 0.2) is 12.1 Å². The van der Waals surface area contributed by atoms with Crippen molar-refractivity contribution in [1.29, 1.82) is 0 Å². The zero-order chi connectivity index (χ0) is 29.7. The van der Waals surface area contributed by atoms with Gasteiger partial charge in [-0.2, -0.15) is 0 Å². The van der Waals surface area contributed by atoms with E-state index in [4.69, 9.17) is 25.1 Å². The van der Waals surface area contributed by atoms with Crippen molar-refractivity contribution in [1.82, 2.24) is 16.0 Å². The maximum absolute atomic E-state index is 12.9. The SMILES string of the molecule is CCC(C)[C@H](NC(=O)[C@H](C)NC(=O)[C@H](CCC(=O)O)NC(=O)C[C@H](N)C1O[C@@H]2OC(C)(C)O[C@@H]2[C@H]1O)C(=O)O. The van der Waals surface area contributed by atoms with Crippen LogP contribution in [0.3, 0.4) is 0 Å². The molecule has 0 radical (unpaired) electrons. The Hall–Kier alpha value is -2.85. The Labute approximate surface area is 226 Å². The van der Waals surface area contributed by atoms with Crippen LogP contribution in [0, 0.1) is 5.92 Å². The molecule has 2 saturated heterocycles. The smallest absolute Gasteiger partial charge is 0.326 e. The zero-order valence-corrected chi connectivity index (χ0v) is 22.7. The van der Waals surface area contributed by atoms with Gasteiger partial charge in [0.1, 0.15) is 36.4 Å². The number of carbonyl (C=O) groups excluding carboxylic acids is 3. The van der Waals surface area contributed by atoms with Crippen molar-refractivity contribution in [2.75, 3.05) is 0 Å². The van der Waals surface area contributed by atoms with Crippen LogP contribution in [-0.4, -0.2) is 99.5 Å². The lowest BCUT2D eigenvalue weighted by Gasteiger charge is -2.27. The van der Waals surface area contributed by atoms with E-state index in [1.165, 1.54) is 6.92 Å². The number of hydrogen-bond donors (Lipinski definition) is 7. The van der Waals surface area contributed by atoms with Crippen LogP contribution in [0.4, 0.5) is 0 Å². The molecule has 0 aromatic rings. The van der Waals surface area contributed by atoms with Crippen LogP contribution in [0.5, 0.6) is 0 Å². The van der Waals surface area contributed by atoms with Crippen molar-refractivity contribution in [2.45, 2.75) is 115 Å². The molecular weight excluding hydrogens is 520 g/mol. The Bertz CT molecular complexity index is 930. The number of nitrogens with two attached hydrogens (primary N) is 1. The summed E-state index contributed by atoms with van der Waals surface area (Å²) in [5.41, 5.74) is 6.09. The van der Waals surface area contributed by atoms with Gasteiger partial charge >= 0.3 is 11.9 Å². The number of fused-ring (bicyclic) bond motifs is 1. The van der Waals surface area contributed by atoms with Crippen LogP contribution in [-0.2, 0) is 38.2 Å². The molecule has 8 N–H and O–H groups in total. The van der Waals surface area contributed by atoms with E-state index in [-0.39, 0.29) is 18.8 Å².